The molecule has 0 heterocycles. The maximum atomic E-state index is 14.2. The number of phenolic OH excluding ortho intramolecular Hbond substituents is 1. The van der Waals surface area contributed by atoms with E-state index in [1.807, 2.05) is 37.3 Å². The van der Waals surface area contributed by atoms with Crippen LogP contribution in [0.15, 0.2) is 71.1 Å². The molecule has 0 spiro atoms. The number of rotatable bonds is 8. The first-order valence-electron chi connectivity index (χ1n) is 11.9. The lowest BCUT2D eigenvalue weighted by Gasteiger charge is -2.10. The Balaban J connectivity index is 1.44. The van der Waals surface area contributed by atoms with Crippen molar-refractivity contribution in [1.29, 1.82) is 0 Å². The molecule has 1 unspecified atom stereocenters. The van der Waals surface area contributed by atoms with E-state index < -0.39 is 22.9 Å². The molecule has 0 fully saturated rings. The van der Waals surface area contributed by atoms with Crippen LogP contribution in [0.1, 0.15) is 40.4 Å². The Kier molecular flexibility index (Phi) is 8.19. The molecule has 1 aliphatic carbocycles. The van der Waals surface area contributed by atoms with Crippen molar-refractivity contribution in [2.24, 2.45) is 0 Å². The zero-order valence-corrected chi connectivity index (χ0v) is 21.8. The van der Waals surface area contributed by atoms with Crippen LogP contribution in [0.5, 0.6) is 5.75 Å². The van der Waals surface area contributed by atoms with Gasteiger partial charge in [-0.15, -0.1) is 0 Å². The van der Waals surface area contributed by atoms with Crippen LogP contribution in [0.2, 0.25) is 0 Å². The van der Waals surface area contributed by atoms with Gasteiger partial charge in [0, 0.05) is 18.8 Å². The Bertz CT molecular complexity index is 1450. The van der Waals surface area contributed by atoms with Gasteiger partial charge in [-0.2, -0.15) is 0 Å². The van der Waals surface area contributed by atoms with Crippen LogP contribution >= 0.6 is 0 Å². The number of halogens is 1. The number of aromatic hydroxyl groups is 1. The highest BCUT2D eigenvalue weighted by Crippen LogP contribution is 2.43. The second kappa shape index (κ2) is 11.5. The number of anilines is 1. The SMILES string of the molecule is CC1=C(CC(=O)NCCNC(=O)c2cc(N)ccc2O)c2cc(F)ccc2/C1=C\c1ccc([S+](C)[O-])cc1. The highest BCUT2D eigenvalue weighted by molar-refractivity contribution is 7.90. The first kappa shape index (κ1) is 27.0. The van der Waals surface area contributed by atoms with Crippen molar-refractivity contribution in [1.82, 2.24) is 10.6 Å². The number of hydrogen-bond acceptors (Lipinski definition) is 5. The number of fused-ring (bicyclic) bond motifs is 1. The van der Waals surface area contributed by atoms with Gasteiger partial charge in [-0.05, 0) is 112 Å². The molecule has 3 aromatic rings. The zero-order chi connectivity index (χ0) is 27.4. The molecule has 3 aromatic carbocycles. The fourth-order valence-corrected chi connectivity index (χ4v) is 4.85. The molecule has 0 aromatic heterocycles. The zero-order valence-electron chi connectivity index (χ0n) is 21.0. The van der Waals surface area contributed by atoms with Crippen molar-refractivity contribution in [3.05, 3.63) is 94.3 Å². The second-order valence-electron chi connectivity index (χ2n) is 8.93. The van der Waals surface area contributed by atoms with Gasteiger partial charge >= 0.3 is 0 Å². The first-order chi connectivity index (χ1) is 18.1. The number of nitrogens with one attached hydrogen (secondary N) is 2. The predicted molar refractivity (Wildman–Crippen MR) is 148 cm³/mol. The van der Waals surface area contributed by atoms with E-state index in [1.165, 1.54) is 30.3 Å². The summed E-state index contributed by atoms with van der Waals surface area (Å²) in [4.78, 5) is 25.8. The van der Waals surface area contributed by atoms with Crippen molar-refractivity contribution >= 4 is 45.9 Å². The van der Waals surface area contributed by atoms with E-state index in [0.29, 0.717) is 11.3 Å². The van der Waals surface area contributed by atoms with E-state index in [0.717, 1.165) is 32.7 Å². The van der Waals surface area contributed by atoms with Gasteiger partial charge in [0.2, 0.25) is 5.91 Å². The minimum absolute atomic E-state index is 0.0390. The molecule has 0 saturated heterocycles. The molecular weight excluding hydrogens is 505 g/mol. The van der Waals surface area contributed by atoms with E-state index in [-0.39, 0.29) is 36.7 Å². The lowest BCUT2D eigenvalue weighted by Crippen LogP contribution is -2.34. The largest absolute Gasteiger partial charge is 0.612 e. The molecule has 0 aliphatic heterocycles. The lowest BCUT2D eigenvalue weighted by atomic mass is 10.0. The Labute approximate surface area is 223 Å². The normalized spacial score (nSPS) is 14.4. The lowest BCUT2D eigenvalue weighted by molar-refractivity contribution is -0.120. The molecule has 0 saturated carbocycles. The number of nitrogens with two attached hydrogens (primary N) is 1. The van der Waals surface area contributed by atoms with Crippen molar-refractivity contribution in [3.8, 4) is 5.75 Å². The van der Waals surface area contributed by atoms with E-state index in [1.54, 1.807) is 12.3 Å². The topological polar surface area (TPSA) is 128 Å². The van der Waals surface area contributed by atoms with Crippen LogP contribution < -0.4 is 16.4 Å². The fraction of sp³-hybridized carbons (Fsp3) is 0.172. The van der Waals surface area contributed by atoms with Gasteiger partial charge in [-0.25, -0.2) is 4.39 Å². The minimum Gasteiger partial charge on any atom is -0.612 e. The van der Waals surface area contributed by atoms with Crippen molar-refractivity contribution < 1.29 is 23.6 Å². The number of phenols is 1. The summed E-state index contributed by atoms with van der Waals surface area (Å²) in [6.07, 6.45) is 3.63. The van der Waals surface area contributed by atoms with E-state index in [9.17, 15) is 23.6 Å². The monoisotopic (exact) mass is 533 g/mol. The van der Waals surface area contributed by atoms with Crippen LogP contribution in [-0.2, 0) is 16.0 Å². The van der Waals surface area contributed by atoms with Crippen LogP contribution in [0.3, 0.4) is 0 Å². The number of allylic oxidation sites excluding steroid dienone is 2. The number of hydrogen-bond donors (Lipinski definition) is 4. The molecular formula is C29H28FN3O4S. The third kappa shape index (κ3) is 6.07. The summed E-state index contributed by atoms with van der Waals surface area (Å²) >= 11 is -1.07. The average Bonchev–Trinajstić information content (AvgIpc) is 3.13. The summed E-state index contributed by atoms with van der Waals surface area (Å²) in [5.74, 6) is -1.35. The van der Waals surface area contributed by atoms with Crippen molar-refractivity contribution in [3.63, 3.8) is 0 Å². The third-order valence-corrected chi connectivity index (χ3v) is 7.25. The van der Waals surface area contributed by atoms with Gasteiger partial charge in [0.25, 0.3) is 5.91 Å². The van der Waals surface area contributed by atoms with Gasteiger partial charge in [-0.1, -0.05) is 6.07 Å². The highest BCUT2D eigenvalue weighted by atomic mass is 32.2. The summed E-state index contributed by atoms with van der Waals surface area (Å²) in [5, 5.41) is 15.3. The molecule has 1 atom stereocenters. The molecule has 7 nitrogen and oxygen atoms in total. The molecule has 196 valence electrons. The third-order valence-electron chi connectivity index (χ3n) is 6.31. The quantitative estimate of drug-likeness (QED) is 0.150. The average molecular weight is 534 g/mol. The predicted octanol–water partition coefficient (Wildman–Crippen LogP) is 4.11. The maximum absolute atomic E-state index is 14.2. The van der Waals surface area contributed by atoms with Gasteiger partial charge in [-0.3, -0.25) is 9.59 Å². The Hall–Kier alpha value is -4.08. The minimum atomic E-state index is -1.07. The molecule has 5 N–H and O–H groups in total. The summed E-state index contributed by atoms with van der Waals surface area (Å²) in [6.45, 7) is 2.22. The van der Waals surface area contributed by atoms with Crippen molar-refractivity contribution in [2.75, 3.05) is 25.1 Å². The van der Waals surface area contributed by atoms with Gasteiger partial charge < -0.3 is 26.0 Å². The van der Waals surface area contributed by atoms with Gasteiger partial charge in [0.15, 0.2) is 4.90 Å². The molecule has 1 aliphatic rings. The molecule has 0 bridgehead atoms. The number of carbonyl (C=O) groups excluding carboxylic acids is 2. The number of benzene rings is 3. The molecule has 9 heteroatoms. The van der Waals surface area contributed by atoms with Crippen LogP contribution in [-0.4, -0.2) is 40.8 Å². The van der Waals surface area contributed by atoms with Crippen molar-refractivity contribution in [2.45, 2.75) is 18.2 Å². The second-order valence-corrected chi connectivity index (χ2v) is 10.3. The number of nitrogen functional groups attached to an aromatic ring is 1. The fourth-order valence-electron chi connectivity index (χ4n) is 4.34. The Morgan fingerprint density at radius 1 is 1.03 bits per heavy atom. The number of carbonyl (C=O) groups is 2. The van der Waals surface area contributed by atoms with E-state index >= 15 is 0 Å². The summed E-state index contributed by atoms with van der Waals surface area (Å²) in [6, 6.07) is 16.1. The summed E-state index contributed by atoms with van der Waals surface area (Å²) in [7, 11) is 0. The standard InChI is InChI=1S/C29H28FN3O4S/c1-17-23(13-18-3-7-21(8-4-18)38(2)37)22-9-5-19(30)14-25(22)24(17)16-28(35)32-11-12-33-29(36)26-15-20(31)6-10-27(26)34/h3-10,13-15,34H,11-12,16,31H2,1-2H3,(H,32,35)(H,33,36)/b23-13-. The van der Waals surface area contributed by atoms with Crippen LogP contribution in [0.25, 0.3) is 17.2 Å². The van der Waals surface area contributed by atoms with E-state index in [2.05, 4.69) is 10.6 Å². The molecule has 38 heavy (non-hydrogen) atoms. The maximum Gasteiger partial charge on any atom is 0.255 e. The molecule has 0 radical (unpaired) electrons. The van der Waals surface area contributed by atoms with Crippen LogP contribution in [0.4, 0.5) is 10.1 Å². The van der Waals surface area contributed by atoms with Gasteiger partial charge in [0.05, 0.1) is 12.0 Å². The number of amides is 2. The van der Waals surface area contributed by atoms with Gasteiger partial charge in [0.1, 0.15) is 17.8 Å². The Morgan fingerprint density at radius 3 is 2.45 bits per heavy atom. The summed E-state index contributed by atoms with van der Waals surface area (Å²) in [5.41, 5.74) is 11.0. The Morgan fingerprint density at radius 2 is 1.74 bits per heavy atom. The smallest absolute Gasteiger partial charge is 0.255 e. The van der Waals surface area contributed by atoms with E-state index in [4.69, 9.17) is 5.73 Å². The summed E-state index contributed by atoms with van der Waals surface area (Å²) < 4.78 is 25.8. The first-order valence-corrected chi connectivity index (χ1v) is 13.5. The molecule has 2 amide bonds. The highest BCUT2D eigenvalue weighted by Gasteiger charge is 2.26. The molecule has 4 rings (SSSR count). The van der Waals surface area contributed by atoms with Crippen LogP contribution in [0, 0.1) is 5.82 Å².